The molecule has 2 N–H and O–H groups in total. The standard InChI is InChI=1S/C16H18N2O4.ClH/c1-10-7-12(18(3)16(21)17(10)2)6-5-11-8-13(22-4)9-14(19)15(11)20;/h5-9,19H,1-4H3;1H. The van der Waals surface area contributed by atoms with E-state index in [2.05, 4.69) is 0 Å². The van der Waals surface area contributed by atoms with Gasteiger partial charge < -0.3 is 27.4 Å². The fourth-order valence-electron chi connectivity index (χ4n) is 2.09. The quantitative estimate of drug-likeness (QED) is 0.507. The first-order valence-electron chi connectivity index (χ1n) is 6.70. The third-order valence-corrected chi connectivity index (χ3v) is 3.61. The predicted molar refractivity (Wildman–Crippen MR) is 82.8 cm³/mol. The number of phenols is 2. The highest BCUT2D eigenvalue weighted by Gasteiger charge is 2.12. The number of hydrogen-bond donors (Lipinski definition) is 2. The molecule has 0 aliphatic carbocycles. The summed E-state index contributed by atoms with van der Waals surface area (Å²) in [5.41, 5.74) is 1.76. The van der Waals surface area contributed by atoms with Crippen molar-refractivity contribution in [1.29, 1.82) is 0 Å². The minimum Gasteiger partial charge on any atom is -1.00 e. The normalized spacial score (nSPS) is 10.6. The average molecular weight is 339 g/mol. The van der Waals surface area contributed by atoms with Crippen molar-refractivity contribution in [3.8, 4) is 17.2 Å². The van der Waals surface area contributed by atoms with Crippen LogP contribution in [0.2, 0.25) is 0 Å². The number of halogens is 1. The highest BCUT2D eigenvalue weighted by molar-refractivity contribution is 5.74. The number of rotatable bonds is 3. The molecule has 2 aromatic rings. The van der Waals surface area contributed by atoms with E-state index >= 15 is 0 Å². The zero-order valence-electron chi connectivity index (χ0n) is 13.4. The Morgan fingerprint density at radius 2 is 1.87 bits per heavy atom. The van der Waals surface area contributed by atoms with E-state index in [0.717, 1.165) is 5.69 Å². The minimum absolute atomic E-state index is 0. The molecule has 23 heavy (non-hydrogen) atoms. The molecule has 0 aliphatic heterocycles. The average Bonchev–Trinajstić information content (AvgIpc) is 2.50. The van der Waals surface area contributed by atoms with E-state index in [0.29, 0.717) is 17.0 Å². The number of hydrogen-bond acceptors (Lipinski definition) is 4. The van der Waals surface area contributed by atoms with Gasteiger partial charge in [-0.05, 0) is 25.1 Å². The molecular weight excluding hydrogens is 320 g/mol. The first kappa shape index (κ1) is 18.6. The Kier molecular flexibility index (Phi) is 5.81. The molecule has 0 amide bonds. The highest BCUT2D eigenvalue weighted by atomic mass is 35.5. The molecule has 7 heteroatoms. The van der Waals surface area contributed by atoms with E-state index in [-0.39, 0.29) is 29.6 Å². The van der Waals surface area contributed by atoms with Crippen molar-refractivity contribution in [2.75, 3.05) is 7.11 Å². The number of benzene rings is 1. The van der Waals surface area contributed by atoms with Crippen LogP contribution in [0.3, 0.4) is 0 Å². The van der Waals surface area contributed by atoms with Gasteiger partial charge in [0, 0.05) is 17.7 Å². The van der Waals surface area contributed by atoms with Crippen molar-refractivity contribution in [3.05, 3.63) is 45.6 Å². The number of ether oxygens (including phenoxy) is 1. The zero-order valence-corrected chi connectivity index (χ0v) is 14.1. The fourth-order valence-corrected chi connectivity index (χ4v) is 2.09. The van der Waals surface area contributed by atoms with Gasteiger partial charge in [-0.2, -0.15) is 13.9 Å². The predicted octanol–water partition coefficient (Wildman–Crippen LogP) is -1.89. The number of aromatic nitrogens is 2. The maximum absolute atomic E-state index is 12.0. The van der Waals surface area contributed by atoms with E-state index in [4.69, 9.17) is 4.74 Å². The lowest BCUT2D eigenvalue weighted by molar-refractivity contribution is -0.696. The summed E-state index contributed by atoms with van der Waals surface area (Å²) in [6.07, 6.45) is 3.31. The Bertz CT molecular complexity index is 813. The number of phenolic OH excluding ortho intramolecular Hbond substituents is 2. The van der Waals surface area contributed by atoms with Crippen LogP contribution in [-0.2, 0) is 14.1 Å². The van der Waals surface area contributed by atoms with Crippen LogP contribution in [0.15, 0.2) is 23.0 Å². The first-order valence-corrected chi connectivity index (χ1v) is 6.70. The second-order valence-corrected chi connectivity index (χ2v) is 5.03. The molecule has 0 aliphatic rings. The molecule has 1 heterocycles. The smallest absolute Gasteiger partial charge is 0.498 e. The van der Waals surface area contributed by atoms with Crippen LogP contribution in [0.25, 0.3) is 12.2 Å². The third kappa shape index (κ3) is 3.65. The van der Waals surface area contributed by atoms with E-state index in [1.165, 1.54) is 17.7 Å². The Hall–Kier alpha value is -2.47. The molecule has 124 valence electrons. The molecule has 0 atom stereocenters. The summed E-state index contributed by atoms with van der Waals surface area (Å²) in [4.78, 5) is 12.0. The van der Waals surface area contributed by atoms with Crippen LogP contribution in [0.4, 0.5) is 0 Å². The van der Waals surface area contributed by atoms with Gasteiger partial charge in [0.1, 0.15) is 17.1 Å². The maximum atomic E-state index is 12.0. The van der Waals surface area contributed by atoms with E-state index in [1.807, 2.05) is 13.0 Å². The monoisotopic (exact) mass is 338 g/mol. The van der Waals surface area contributed by atoms with Crippen molar-refractivity contribution in [3.63, 3.8) is 0 Å². The van der Waals surface area contributed by atoms with E-state index in [1.54, 1.807) is 36.9 Å². The molecule has 0 radical (unpaired) electrons. The lowest BCUT2D eigenvalue weighted by Gasteiger charge is -2.06. The van der Waals surface area contributed by atoms with Crippen molar-refractivity contribution in [2.45, 2.75) is 6.92 Å². The summed E-state index contributed by atoms with van der Waals surface area (Å²) in [5, 5.41) is 19.6. The summed E-state index contributed by atoms with van der Waals surface area (Å²) in [6.45, 7) is 1.84. The Morgan fingerprint density at radius 3 is 2.48 bits per heavy atom. The summed E-state index contributed by atoms with van der Waals surface area (Å²) in [7, 11) is 4.85. The Labute approximate surface area is 140 Å². The molecular formula is C16H19ClN2O4. The van der Waals surface area contributed by atoms with Crippen LogP contribution in [0, 0.1) is 6.92 Å². The van der Waals surface area contributed by atoms with Gasteiger partial charge in [0.15, 0.2) is 11.5 Å². The number of aromatic hydroxyl groups is 2. The highest BCUT2D eigenvalue weighted by Crippen LogP contribution is 2.34. The molecule has 1 aromatic heterocycles. The lowest BCUT2D eigenvalue weighted by atomic mass is 10.1. The summed E-state index contributed by atoms with van der Waals surface area (Å²) in [5.74, 6) is -0.0664. The van der Waals surface area contributed by atoms with Crippen LogP contribution >= 0.6 is 0 Å². The van der Waals surface area contributed by atoms with Crippen molar-refractivity contribution >= 4 is 12.2 Å². The van der Waals surface area contributed by atoms with Gasteiger partial charge in [0.2, 0.25) is 0 Å². The van der Waals surface area contributed by atoms with Gasteiger partial charge in [-0.1, -0.05) is 0 Å². The molecule has 0 saturated carbocycles. The first-order chi connectivity index (χ1) is 10.3. The topological polar surface area (TPSA) is 75.6 Å². The number of aryl methyl sites for hydroxylation is 1. The molecule has 6 nitrogen and oxygen atoms in total. The van der Waals surface area contributed by atoms with Crippen molar-refractivity contribution in [2.24, 2.45) is 14.1 Å². The molecule has 0 fully saturated rings. The maximum Gasteiger partial charge on any atom is 0.498 e. The largest absolute Gasteiger partial charge is 1.00 e. The van der Waals surface area contributed by atoms with Gasteiger partial charge in [0.05, 0.1) is 21.2 Å². The summed E-state index contributed by atoms with van der Waals surface area (Å²) in [6, 6.07) is 4.78. The lowest BCUT2D eigenvalue weighted by Crippen LogP contribution is -3.00. The van der Waals surface area contributed by atoms with Crippen molar-refractivity contribution in [1.82, 2.24) is 4.57 Å². The van der Waals surface area contributed by atoms with Crippen LogP contribution < -0.4 is 27.4 Å². The molecule has 2 rings (SSSR count). The van der Waals surface area contributed by atoms with E-state index < -0.39 is 0 Å². The fraction of sp³-hybridized carbons (Fsp3) is 0.250. The van der Waals surface area contributed by atoms with Crippen LogP contribution in [-0.4, -0.2) is 21.9 Å². The molecule has 0 unspecified atom stereocenters. The SMILES string of the molecule is COc1cc(O)c(O)c(/C=C/c2cc(C)[n+](C)c(=O)n2C)c1.[Cl-]. The van der Waals surface area contributed by atoms with Gasteiger partial charge in [-0.3, -0.25) is 0 Å². The van der Waals surface area contributed by atoms with Crippen LogP contribution in [0.1, 0.15) is 17.0 Å². The Morgan fingerprint density at radius 1 is 1.22 bits per heavy atom. The second-order valence-electron chi connectivity index (χ2n) is 5.03. The van der Waals surface area contributed by atoms with Gasteiger partial charge >= 0.3 is 5.69 Å². The number of nitrogens with zero attached hydrogens (tertiary/aromatic N) is 2. The summed E-state index contributed by atoms with van der Waals surface area (Å²) >= 11 is 0. The molecule has 0 saturated heterocycles. The molecule has 1 aromatic carbocycles. The minimum atomic E-state index is -0.261. The van der Waals surface area contributed by atoms with Crippen molar-refractivity contribution < 1.29 is 31.9 Å². The van der Waals surface area contributed by atoms with Gasteiger partial charge in [0.25, 0.3) is 0 Å². The van der Waals surface area contributed by atoms with Gasteiger partial charge in [-0.25, -0.2) is 0 Å². The summed E-state index contributed by atoms with van der Waals surface area (Å²) < 4.78 is 8.11. The third-order valence-electron chi connectivity index (χ3n) is 3.61. The zero-order chi connectivity index (χ0) is 16.4. The molecule has 0 spiro atoms. The second kappa shape index (κ2) is 7.19. The Balaban J connectivity index is 0.00000264. The van der Waals surface area contributed by atoms with E-state index in [9.17, 15) is 15.0 Å². The van der Waals surface area contributed by atoms with Gasteiger partial charge in [-0.15, -0.1) is 0 Å². The number of methoxy groups -OCH3 is 1. The molecule has 0 bridgehead atoms. The van der Waals surface area contributed by atoms with Crippen LogP contribution in [0.5, 0.6) is 17.2 Å².